The van der Waals surface area contributed by atoms with Crippen LogP contribution < -0.4 is 10.6 Å². The second-order valence-corrected chi connectivity index (χ2v) is 9.89. The van der Waals surface area contributed by atoms with Gasteiger partial charge in [0.1, 0.15) is 11.6 Å². The molecule has 0 radical (unpaired) electrons. The summed E-state index contributed by atoms with van der Waals surface area (Å²) in [5.74, 6) is -2.29. The zero-order valence-corrected chi connectivity index (χ0v) is 19.8. The summed E-state index contributed by atoms with van der Waals surface area (Å²) in [6, 6.07) is 8.13. The first kappa shape index (κ1) is 23.7. The first-order valence-corrected chi connectivity index (χ1v) is 11.9. The third-order valence-corrected chi connectivity index (χ3v) is 8.02. The van der Waals surface area contributed by atoms with E-state index in [0.29, 0.717) is 25.8 Å². The van der Waals surface area contributed by atoms with Crippen LogP contribution in [0.4, 0.5) is 0 Å². The molecule has 0 saturated carbocycles. The minimum Gasteiger partial charge on any atom is -0.394 e. The van der Waals surface area contributed by atoms with Gasteiger partial charge in [-0.3, -0.25) is 14.4 Å². The summed E-state index contributed by atoms with van der Waals surface area (Å²) in [5.41, 5.74) is -0.882. The van der Waals surface area contributed by atoms with Crippen LogP contribution in [0.1, 0.15) is 45.6 Å². The van der Waals surface area contributed by atoms with Gasteiger partial charge in [0.15, 0.2) is 0 Å². The minimum atomic E-state index is -1.08. The average Bonchev–Trinajstić information content (AvgIpc) is 3.42. The molecule has 33 heavy (non-hydrogen) atoms. The maximum atomic E-state index is 13.9. The van der Waals surface area contributed by atoms with E-state index in [2.05, 4.69) is 10.6 Å². The van der Waals surface area contributed by atoms with E-state index in [1.165, 1.54) is 4.90 Å². The van der Waals surface area contributed by atoms with Crippen LogP contribution in [0, 0.1) is 17.8 Å². The number of fused-ring (bicyclic) bond motifs is 1. The number of likely N-dealkylation sites (tertiary alicyclic amines) is 1. The van der Waals surface area contributed by atoms with Gasteiger partial charge in [-0.25, -0.2) is 0 Å². The summed E-state index contributed by atoms with van der Waals surface area (Å²) in [6.07, 6.45) is 1.73. The van der Waals surface area contributed by atoms with Gasteiger partial charge in [0.05, 0.1) is 30.1 Å². The normalized spacial score (nSPS) is 33.3. The minimum absolute atomic E-state index is 0.0746. The van der Waals surface area contributed by atoms with Crippen molar-refractivity contribution in [2.24, 2.45) is 17.8 Å². The van der Waals surface area contributed by atoms with E-state index in [9.17, 15) is 19.5 Å². The summed E-state index contributed by atoms with van der Waals surface area (Å²) in [6.45, 7) is 5.86. The van der Waals surface area contributed by atoms with Crippen molar-refractivity contribution >= 4 is 17.7 Å². The lowest BCUT2D eigenvalue weighted by Crippen LogP contribution is -2.58. The lowest BCUT2D eigenvalue weighted by Gasteiger charge is -2.38. The number of carbonyl (C=O) groups is 3. The van der Waals surface area contributed by atoms with Gasteiger partial charge in [-0.05, 0) is 30.7 Å². The van der Waals surface area contributed by atoms with E-state index >= 15 is 0 Å². The highest BCUT2D eigenvalue weighted by Gasteiger charge is 2.79. The first-order chi connectivity index (χ1) is 15.8. The van der Waals surface area contributed by atoms with Gasteiger partial charge in [0.25, 0.3) is 0 Å². The Labute approximate surface area is 195 Å². The molecule has 3 saturated heterocycles. The zero-order valence-electron chi connectivity index (χ0n) is 19.8. The Morgan fingerprint density at radius 1 is 1.21 bits per heavy atom. The number of hydrogen-bond acceptors (Lipinski definition) is 5. The number of benzene rings is 1. The van der Waals surface area contributed by atoms with Crippen molar-refractivity contribution in [1.82, 2.24) is 15.5 Å². The smallest absolute Gasteiger partial charge is 0.246 e. The van der Waals surface area contributed by atoms with Crippen LogP contribution in [0.15, 0.2) is 30.3 Å². The van der Waals surface area contributed by atoms with Gasteiger partial charge in [0, 0.05) is 13.6 Å². The monoisotopic (exact) mass is 457 g/mol. The topological polar surface area (TPSA) is 108 Å². The SMILES string of the molecule is CC[C@]12CCC3(O1)C(C(=O)NCc1ccccc1)N([C@@H](CO)C(C)C)C(=O)[C@@H]3[C@H]2C(=O)NC. The van der Waals surface area contributed by atoms with E-state index in [-0.39, 0.29) is 30.2 Å². The molecule has 1 aromatic carbocycles. The number of amides is 3. The summed E-state index contributed by atoms with van der Waals surface area (Å²) in [7, 11) is 1.57. The Balaban J connectivity index is 1.75. The number of nitrogens with one attached hydrogen (secondary N) is 2. The largest absolute Gasteiger partial charge is 0.394 e. The van der Waals surface area contributed by atoms with Crippen LogP contribution in [-0.2, 0) is 25.7 Å². The van der Waals surface area contributed by atoms with E-state index in [0.717, 1.165) is 5.56 Å². The van der Waals surface area contributed by atoms with E-state index < -0.39 is 35.1 Å². The predicted octanol–water partition coefficient (Wildman–Crippen LogP) is 1.22. The average molecular weight is 458 g/mol. The van der Waals surface area contributed by atoms with Crippen molar-refractivity contribution in [3.05, 3.63) is 35.9 Å². The molecule has 3 heterocycles. The molecule has 3 aliphatic heterocycles. The second-order valence-electron chi connectivity index (χ2n) is 9.89. The third-order valence-electron chi connectivity index (χ3n) is 8.02. The third kappa shape index (κ3) is 3.46. The highest BCUT2D eigenvalue weighted by molar-refractivity contribution is 5.99. The predicted molar refractivity (Wildman–Crippen MR) is 122 cm³/mol. The van der Waals surface area contributed by atoms with Gasteiger partial charge in [-0.2, -0.15) is 0 Å². The molecular weight excluding hydrogens is 422 g/mol. The summed E-state index contributed by atoms with van der Waals surface area (Å²) in [4.78, 5) is 42.2. The molecule has 0 aromatic heterocycles. The van der Waals surface area contributed by atoms with Crippen molar-refractivity contribution < 1.29 is 24.2 Å². The van der Waals surface area contributed by atoms with E-state index in [4.69, 9.17) is 4.74 Å². The van der Waals surface area contributed by atoms with Crippen LogP contribution in [0.25, 0.3) is 0 Å². The second kappa shape index (κ2) is 8.72. The van der Waals surface area contributed by atoms with Crippen LogP contribution in [0.3, 0.4) is 0 Å². The summed E-state index contributed by atoms with van der Waals surface area (Å²) in [5, 5.41) is 15.9. The highest BCUT2D eigenvalue weighted by atomic mass is 16.5. The molecular formula is C25H35N3O5. The Bertz CT molecular complexity index is 922. The number of rotatable bonds is 8. The summed E-state index contributed by atoms with van der Waals surface area (Å²) >= 11 is 0. The quantitative estimate of drug-likeness (QED) is 0.544. The molecule has 3 aliphatic rings. The zero-order chi connectivity index (χ0) is 24.0. The van der Waals surface area contributed by atoms with Crippen molar-refractivity contribution in [2.75, 3.05) is 13.7 Å². The maximum Gasteiger partial charge on any atom is 0.246 e. The molecule has 8 heteroatoms. The lowest BCUT2D eigenvalue weighted by atomic mass is 9.65. The molecule has 8 nitrogen and oxygen atoms in total. The molecule has 180 valence electrons. The van der Waals surface area contributed by atoms with Crippen LogP contribution in [-0.4, -0.2) is 64.7 Å². The molecule has 1 spiro atoms. The molecule has 4 rings (SSSR count). The lowest BCUT2D eigenvalue weighted by molar-refractivity contribution is -0.152. The Morgan fingerprint density at radius 2 is 1.91 bits per heavy atom. The molecule has 3 fully saturated rings. The Morgan fingerprint density at radius 3 is 2.48 bits per heavy atom. The fourth-order valence-corrected chi connectivity index (χ4v) is 6.37. The number of aliphatic hydroxyl groups is 1. The highest BCUT2D eigenvalue weighted by Crippen LogP contribution is 2.64. The fourth-order valence-electron chi connectivity index (χ4n) is 6.37. The number of hydrogen-bond donors (Lipinski definition) is 3. The Hall–Kier alpha value is -2.45. The molecule has 3 N–H and O–H groups in total. The number of ether oxygens (including phenoxy) is 1. The van der Waals surface area contributed by atoms with Crippen molar-refractivity contribution in [1.29, 1.82) is 0 Å². The van der Waals surface area contributed by atoms with Gasteiger partial charge >= 0.3 is 0 Å². The first-order valence-electron chi connectivity index (χ1n) is 11.9. The standard InChI is InChI=1S/C25H35N3O5/c1-5-24-11-12-25(33-24)19(18(24)21(30)26-4)23(32)28(17(14-29)15(2)3)20(25)22(31)27-13-16-9-7-6-8-10-16/h6-10,15,17-20,29H,5,11-14H2,1-4H3,(H,26,30)(H,27,31)/t17-,18-,19-,20?,24+,25?/m0/s1. The number of carbonyl (C=O) groups excluding carboxylic acids is 3. The molecule has 3 amide bonds. The number of aliphatic hydroxyl groups excluding tert-OH is 1. The van der Waals surface area contributed by atoms with E-state index in [1.807, 2.05) is 51.1 Å². The van der Waals surface area contributed by atoms with E-state index in [1.54, 1.807) is 7.05 Å². The van der Waals surface area contributed by atoms with Gasteiger partial charge in [0.2, 0.25) is 17.7 Å². The van der Waals surface area contributed by atoms with Crippen LogP contribution in [0.5, 0.6) is 0 Å². The molecule has 1 aromatic rings. The van der Waals surface area contributed by atoms with Crippen LogP contribution >= 0.6 is 0 Å². The van der Waals surface area contributed by atoms with Gasteiger partial charge in [-0.15, -0.1) is 0 Å². The van der Waals surface area contributed by atoms with Crippen molar-refractivity contribution in [2.45, 2.75) is 69.9 Å². The molecule has 2 unspecified atom stereocenters. The Kier molecular flexibility index (Phi) is 6.26. The fraction of sp³-hybridized carbons (Fsp3) is 0.640. The maximum absolute atomic E-state index is 13.9. The van der Waals surface area contributed by atoms with Crippen molar-refractivity contribution in [3.8, 4) is 0 Å². The summed E-state index contributed by atoms with van der Waals surface area (Å²) < 4.78 is 6.65. The van der Waals surface area contributed by atoms with Crippen LogP contribution in [0.2, 0.25) is 0 Å². The molecule has 2 bridgehead atoms. The molecule has 6 atom stereocenters. The van der Waals surface area contributed by atoms with Crippen molar-refractivity contribution in [3.63, 3.8) is 0 Å². The van der Waals surface area contributed by atoms with Gasteiger partial charge < -0.3 is 25.4 Å². The van der Waals surface area contributed by atoms with Gasteiger partial charge in [-0.1, -0.05) is 51.1 Å². The number of nitrogens with zero attached hydrogens (tertiary/aromatic N) is 1. The molecule has 0 aliphatic carbocycles.